The first-order valence-corrected chi connectivity index (χ1v) is 11.8. The van der Waals surface area contributed by atoms with Crippen LogP contribution in [0.5, 0.6) is 5.75 Å². The largest absolute Gasteiger partial charge is 0.497 e. The minimum absolute atomic E-state index is 0.145. The number of benzene rings is 1. The number of carboxylic acid groups (broad SMARTS) is 1. The second-order valence-electron chi connectivity index (χ2n) is 8.83. The number of piperidine rings is 1. The van der Waals surface area contributed by atoms with E-state index in [4.69, 9.17) is 14.6 Å². The normalized spacial score (nSPS) is 18.7. The molecule has 1 aromatic heterocycles. The van der Waals surface area contributed by atoms with Crippen LogP contribution in [-0.2, 0) is 4.79 Å². The van der Waals surface area contributed by atoms with Gasteiger partial charge in [0.1, 0.15) is 11.6 Å². The van der Waals surface area contributed by atoms with Crippen molar-refractivity contribution in [1.29, 1.82) is 0 Å². The SMILES string of the molecule is COc1cccc(C(=O)Nc2ccnn2C2CCN(CC3CC=CCC3)CC2)c1.O=C(O)C(F)(F)F. The number of hydrogen-bond donors (Lipinski definition) is 2. The van der Waals surface area contributed by atoms with Crippen molar-refractivity contribution in [2.75, 3.05) is 32.1 Å². The van der Waals surface area contributed by atoms with Crippen molar-refractivity contribution in [1.82, 2.24) is 14.7 Å². The summed E-state index contributed by atoms with van der Waals surface area (Å²) in [4.78, 5) is 24.2. The van der Waals surface area contributed by atoms with Crippen molar-refractivity contribution in [3.63, 3.8) is 0 Å². The number of amides is 1. The molecule has 1 unspecified atom stereocenters. The number of nitrogens with zero attached hydrogens (tertiary/aromatic N) is 3. The lowest BCUT2D eigenvalue weighted by molar-refractivity contribution is -0.192. The van der Waals surface area contributed by atoms with Crippen LogP contribution < -0.4 is 10.1 Å². The van der Waals surface area contributed by atoms with Crippen LogP contribution in [0.25, 0.3) is 0 Å². The lowest BCUT2D eigenvalue weighted by Gasteiger charge is -2.35. The summed E-state index contributed by atoms with van der Waals surface area (Å²) in [5.74, 6) is -0.666. The van der Waals surface area contributed by atoms with Crippen LogP contribution in [0.2, 0.25) is 0 Å². The molecule has 1 fully saturated rings. The van der Waals surface area contributed by atoms with E-state index in [1.165, 1.54) is 25.8 Å². The fourth-order valence-corrected chi connectivity index (χ4v) is 4.39. The predicted molar refractivity (Wildman–Crippen MR) is 128 cm³/mol. The molecule has 2 aliphatic rings. The number of rotatable bonds is 6. The summed E-state index contributed by atoms with van der Waals surface area (Å²) in [5.41, 5.74) is 0.577. The van der Waals surface area contributed by atoms with E-state index in [-0.39, 0.29) is 5.91 Å². The van der Waals surface area contributed by atoms with Gasteiger partial charge in [0, 0.05) is 31.3 Å². The first-order chi connectivity index (χ1) is 17.2. The quantitative estimate of drug-likeness (QED) is 0.546. The van der Waals surface area contributed by atoms with Crippen LogP contribution in [0.4, 0.5) is 19.0 Å². The summed E-state index contributed by atoms with van der Waals surface area (Å²) in [6, 6.07) is 9.39. The van der Waals surface area contributed by atoms with E-state index in [2.05, 4.69) is 27.5 Å². The third-order valence-electron chi connectivity index (χ3n) is 6.28. The van der Waals surface area contributed by atoms with Gasteiger partial charge in [0.15, 0.2) is 0 Å². The molecule has 2 aromatic rings. The van der Waals surface area contributed by atoms with E-state index in [0.717, 1.165) is 37.7 Å². The van der Waals surface area contributed by atoms with Gasteiger partial charge in [-0.1, -0.05) is 18.2 Å². The lowest BCUT2D eigenvalue weighted by atomic mass is 9.93. The number of alkyl halides is 3. The molecular weight excluding hydrogens is 477 g/mol. The number of anilines is 1. The fourth-order valence-electron chi connectivity index (χ4n) is 4.39. The van der Waals surface area contributed by atoms with Crippen LogP contribution >= 0.6 is 0 Å². The smallest absolute Gasteiger partial charge is 0.490 e. The summed E-state index contributed by atoms with van der Waals surface area (Å²) >= 11 is 0. The van der Waals surface area contributed by atoms with E-state index in [1.54, 1.807) is 25.4 Å². The minimum atomic E-state index is -5.08. The molecule has 0 bridgehead atoms. The monoisotopic (exact) mass is 508 g/mol. The maximum absolute atomic E-state index is 12.7. The minimum Gasteiger partial charge on any atom is -0.497 e. The van der Waals surface area contributed by atoms with Crippen LogP contribution in [0.1, 0.15) is 48.5 Å². The summed E-state index contributed by atoms with van der Waals surface area (Å²) in [7, 11) is 1.60. The molecule has 1 atom stereocenters. The number of carbonyl (C=O) groups excluding carboxylic acids is 1. The highest BCUT2D eigenvalue weighted by atomic mass is 19.4. The standard InChI is InChI=1S/C23H30N4O2.C2HF3O2/c1-29-21-9-5-8-19(16-21)23(28)25-22-10-13-24-27(22)20-11-14-26(15-12-20)17-18-6-3-2-4-7-18;3-2(4,5)1(6)7/h2-3,5,8-10,13,16,18,20H,4,6-7,11-12,14-15,17H2,1H3,(H,25,28);(H,6,7). The Kier molecular flexibility index (Phi) is 9.51. The van der Waals surface area contributed by atoms with Gasteiger partial charge in [0.25, 0.3) is 5.91 Å². The number of aliphatic carboxylic acids is 1. The Bertz CT molecular complexity index is 1050. The zero-order valence-corrected chi connectivity index (χ0v) is 20.1. The van der Waals surface area contributed by atoms with E-state index >= 15 is 0 Å². The molecule has 0 saturated carbocycles. The molecule has 36 heavy (non-hydrogen) atoms. The maximum atomic E-state index is 12.7. The fraction of sp³-hybridized carbons (Fsp3) is 0.480. The molecule has 0 spiro atoms. The maximum Gasteiger partial charge on any atom is 0.490 e. The van der Waals surface area contributed by atoms with Crippen molar-refractivity contribution in [2.45, 2.75) is 44.3 Å². The average Bonchev–Trinajstić information content (AvgIpc) is 3.33. The second-order valence-corrected chi connectivity index (χ2v) is 8.83. The van der Waals surface area contributed by atoms with Crippen LogP contribution in [0, 0.1) is 5.92 Å². The molecule has 4 rings (SSSR count). The molecule has 0 radical (unpaired) electrons. The number of halogens is 3. The molecular formula is C25H31F3N4O4. The molecule has 2 N–H and O–H groups in total. The van der Waals surface area contributed by atoms with Crippen molar-refractivity contribution in [3.8, 4) is 5.75 Å². The molecule has 1 aromatic carbocycles. The molecule has 1 aliphatic carbocycles. The van der Waals surface area contributed by atoms with Gasteiger partial charge in [0.2, 0.25) is 0 Å². The third kappa shape index (κ3) is 7.84. The van der Waals surface area contributed by atoms with Gasteiger partial charge in [-0.15, -0.1) is 0 Å². The highest BCUT2D eigenvalue weighted by molar-refractivity contribution is 6.04. The highest BCUT2D eigenvalue weighted by Crippen LogP contribution is 2.28. The number of aromatic nitrogens is 2. The van der Waals surface area contributed by atoms with Gasteiger partial charge < -0.3 is 20.1 Å². The number of methoxy groups -OCH3 is 1. The first kappa shape index (κ1) is 27.3. The zero-order valence-electron chi connectivity index (χ0n) is 20.1. The van der Waals surface area contributed by atoms with Crippen molar-refractivity contribution in [2.24, 2.45) is 5.92 Å². The Labute approximate surface area is 207 Å². The number of carbonyl (C=O) groups is 2. The van der Waals surface area contributed by atoms with E-state index in [0.29, 0.717) is 17.4 Å². The third-order valence-corrected chi connectivity index (χ3v) is 6.28. The Hall–Kier alpha value is -3.34. The van der Waals surface area contributed by atoms with Crippen LogP contribution in [0.15, 0.2) is 48.7 Å². The number of hydrogen-bond acceptors (Lipinski definition) is 5. The van der Waals surface area contributed by atoms with Gasteiger partial charge in [-0.3, -0.25) is 4.79 Å². The molecule has 2 heterocycles. The topological polar surface area (TPSA) is 96.7 Å². The molecule has 196 valence electrons. The predicted octanol–water partition coefficient (Wildman–Crippen LogP) is 4.77. The number of allylic oxidation sites excluding steroid dienone is 2. The molecule has 1 saturated heterocycles. The summed E-state index contributed by atoms with van der Waals surface area (Å²) in [5, 5.41) is 14.7. The van der Waals surface area contributed by atoms with Crippen molar-refractivity contribution >= 4 is 17.7 Å². The molecule has 8 nitrogen and oxygen atoms in total. The van der Waals surface area contributed by atoms with Crippen molar-refractivity contribution < 1.29 is 32.6 Å². The Morgan fingerprint density at radius 3 is 2.50 bits per heavy atom. The van der Waals surface area contributed by atoms with E-state index < -0.39 is 12.1 Å². The second kappa shape index (κ2) is 12.6. The van der Waals surface area contributed by atoms with Gasteiger partial charge in [-0.25, -0.2) is 9.48 Å². The zero-order chi connectivity index (χ0) is 26.1. The Balaban J connectivity index is 0.000000454. The lowest BCUT2D eigenvalue weighted by Crippen LogP contribution is -2.38. The number of likely N-dealkylation sites (tertiary alicyclic amines) is 1. The number of ether oxygens (including phenoxy) is 1. The Morgan fingerprint density at radius 2 is 1.89 bits per heavy atom. The number of nitrogens with one attached hydrogen (secondary N) is 1. The van der Waals surface area contributed by atoms with Gasteiger partial charge in [-0.2, -0.15) is 18.3 Å². The molecule has 11 heteroatoms. The first-order valence-electron chi connectivity index (χ1n) is 11.8. The summed E-state index contributed by atoms with van der Waals surface area (Å²) < 4.78 is 38.9. The molecule has 1 aliphatic heterocycles. The average molecular weight is 509 g/mol. The van der Waals surface area contributed by atoms with Crippen LogP contribution in [-0.4, -0.2) is 64.6 Å². The van der Waals surface area contributed by atoms with E-state index in [1.807, 2.05) is 22.9 Å². The van der Waals surface area contributed by atoms with Gasteiger partial charge >= 0.3 is 12.1 Å². The Morgan fingerprint density at radius 1 is 1.17 bits per heavy atom. The molecule has 1 amide bonds. The highest BCUT2D eigenvalue weighted by Gasteiger charge is 2.38. The van der Waals surface area contributed by atoms with Crippen molar-refractivity contribution in [3.05, 3.63) is 54.2 Å². The van der Waals surface area contributed by atoms with Gasteiger partial charge in [-0.05, 0) is 56.2 Å². The summed E-state index contributed by atoms with van der Waals surface area (Å²) in [6.45, 7) is 3.39. The van der Waals surface area contributed by atoms with Crippen LogP contribution in [0.3, 0.4) is 0 Å². The number of carboxylic acids is 1. The summed E-state index contributed by atoms with van der Waals surface area (Å²) in [6.07, 6.45) is 7.21. The van der Waals surface area contributed by atoms with Gasteiger partial charge in [0.05, 0.1) is 19.3 Å². The van der Waals surface area contributed by atoms with E-state index in [9.17, 15) is 18.0 Å².